The minimum atomic E-state index is -1.19. The number of anilines is 1. The fraction of sp³-hybridized carbons (Fsp3) is 0.462. The average molecular weight is 282 g/mol. The van der Waals surface area contributed by atoms with Gasteiger partial charge in [0, 0.05) is 26.3 Å². The van der Waals surface area contributed by atoms with Crippen LogP contribution in [0.2, 0.25) is 0 Å². The van der Waals surface area contributed by atoms with E-state index in [2.05, 4.69) is 0 Å². The zero-order valence-electron chi connectivity index (χ0n) is 11.3. The van der Waals surface area contributed by atoms with Gasteiger partial charge in [0.15, 0.2) is 0 Å². The fourth-order valence-electron chi connectivity index (χ4n) is 1.88. The number of aliphatic hydroxyl groups is 1. The molecule has 0 saturated heterocycles. The zero-order chi connectivity index (χ0) is 15.1. The minimum Gasteiger partial charge on any atom is -0.478 e. The maximum absolute atomic E-state index is 11.0. The van der Waals surface area contributed by atoms with Crippen LogP contribution < -0.4 is 4.90 Å². The van der Waals surface area contributed by atoms with Crippen molar-refractivity contribution in [3.63, 3.8) is 0 Å². The van der Waals surface area contributed by atoms with Gasteiger partial charge in [-0.05, 0) is 31.4 Å². The molecule has 0 radical (unpaired) electrons. The largest absolute Gasteiger partial charge is 0.478 e. The van der Waals surface area contributed by atoms with Gasteiger partial charge in [0.1, 0.15) is 5.69 Å². The summed E-state index contributed by atoms with van der Waals surface area (Å²) in [5.74, 6) is -1.19. The number of nitro benzene ring substituents is 1. The number of hydrogen-bond acceptors (Lipinski definition) is 5. The van der Waals surface area contributed by atoms with Crippen molar-refractivity contribution in [1.29, 1.82) is 0 Å². The van der Waals surface area contributed by atoms with Gasteiger partial charge < -0.3 is 15.1 Å². The summed E-state index contributed by atoms with van der Waals surface area (Å²) in [7, 11) is 1.72. The Balaban J connectivity index is 2.87. The third kappa shape index (κ3) is 4.20. The first-order valence-electron chi connectivity index (χ1n) is 6.31. The van der Waals surface area contributed by atoms with E-state index >= 15 is 0 Å². The molecule has 1 aromatic carbocycles. The Kier molecular flexibility index (Phi) is 5.92. The smallest absolute Gasteiger partial charge is 0.335 e. The van der Waals surface area contributed by atoms with E-state index in [4.69, 9.17) is 10.2 Å². The van der Waals surface area contributed by atoms with E-state index in [1.807, 2.05) is 0 Å². The van der Waals surface area contributed by atoms with Gasteiger partial charge in [0.05, 0.1) is 10.5 Å². The Labute approximate surface area is 116 Å². The zero-order valence-corrected chi connectivity index (χ0v) is 11.3. The maximum atomic E-state index is 11.0. The van der Waals surface area contributed by atoms with Gasteiger partial charge >= 0.3 is 5.97 Å². The van der Waals surface area contributed by atoms with Crippen LogP contribution in [0, 0.1) is 10.1 Å². The van der Waals surface area contributed by atoms with Crippen molar-refractivity contribution in [1.82, 2.24) is 0 Å². The Morgan fingerprint density at radius 3 is 2.60 bits per heavy atom. The van der Waals surface area contributed by atoms with Crippen LogP contribution in [0.1, 0.15) is 29.6 Å². The fourth-order valence-corrected chi connectivity index (χ4v) is 1.88. The van der Waals surface area contributed by atoms with Gasteiger partial charge in [0.25, 0.3) is 5.69 Å². The molecule has 0 saturated carbocycles. The topological polar surface area (TPSA) is 104 Å². The number of aromatic carboxylic acids is 1. The third-order valence-corrected chi connectivity index (χ3v) is 2.98. The highest BCUT2D eigenvalue weighted by atomic mass is 16.6. The molecule has 0 spiro atoms. The van der Waals surface area contributed by atoms with E-state index in [-0.39, 0.29) is 17.9 Å². The second-order valence-electron chi connectivity index (χ2n) is 4.47. The van der Waals surface area contributed by atoms with Gasteiger partial charge in [-0.25, -0.2) is 4.79 Å². The summed E-state index contributed by atoms with van der Waals surface area (Å²) in [5.41, 5.74) is 0.0766. The summed E-state index contributed by atoms with van der Waals surface area (Å²) < 4.78 is 0. The van der Waals surface area contributed by atoms with Crippen LogP contribution in [0.5, 0.6) is 0 Å². The molecule has 1 aromatic rings. The van der Waals surface area contributed by atoms with E-state index in [0.717, 1.165) is 18.9 Å². The van der Waals surface area contributed by atoms with Crippen LogP contribution in [-0.4, -0.2) is 41.3 Å². The van der Waals surface area contributed by atoms with E-state index in [1.54, 1.807) is 11.9 Å². The van der Waals surface area contributed by atoms with Crippen LogP contribution in [0.3, 0.4) is 0 Å². The second kappa shape index (κ2) is 7.44. The first-order chi connectivity index (χ1) is 9.47. The number of carboxylic acid groups (broad SMARTS) is 1. The van der Waals surface area contributed by atoms with Crippen molar-refractivity contribution in [3.8, 4) is 0 Å². The van der Waals surface area contributed by atoms with Gasteiger partial charge in [-0.15, -0.1) is 0 Å². The number of nitro groups is 1. The Morgan fingerprint density at radius 2 is 2.05 bits per heavy atom. The Morgan fingerprint density at radius 1 is 1.35 bits per heavy atom. The summed E-state index contributed by atoms with van der Waals surface area (Å²) in [6.07, 6.45) is 2.34. The first kappa shape index (κ1) is 15.9. The van der Waals surface area contributed by atoms with Gasteiger partial charge in [-0.1, -0.05) is 0 Å². The van der Waals surface area contributed by atoms with Crippen molar-refractivity contribution >= 4 is 17.3 Å². The number of carbonyl (C=O) groups is 1. The number of hydrogen-bond donors (Lipinski definition) is 2. The third-order valence-electron chi connectivity index (χ3n) is 2.98. The Bertz CT molecular complexity index is 490. The Hall–Kier alpha value is -2.15. The summed E-state index contributed by atoms with van der Waals surface area (Å²) in [6.45, 7) is 0.741. The summed E-state index contributed by atoms with van der Waals surface area (Å²) in [5, 5.41) is 28.6. The molecular weight excluding hydrogens is 264 g/mol. The highest BCUT2D eigenvalue weighted by Gasteiger charge is 2.19. The highest BCUT2D eigenvalue weighted by Crippen LogP contribution is 2.28. The summed E-state index contributed by atoms with van der Waals surface area (Å²) in [4.78, 5) is 23.0. The first-order valence-corrected chi connectivity index (χ1v) is 6.31. The summed E-state index contributed by atoms with van der Waals surface area (Å²) >= 11 is 0. The lowest BCUT2D eigenvalue weighted by Gasteiger charge is -2.19. The number of aliphatic hydroxyl groups excluding tert-OH is 1. The molecule has 0 atom stereocenters. The lowest BCUT2D eigenvalue weighted by Crippen LogP contribution is -2.20. The predicted octanol–water partition coefficient (Wildman–Crippen LogP) is 1.89. The number of nitrogens with zero attached hydrogens (tertiary/aromatic N) is 2. The minimum absolute atomic E-state index is 0.103. The molecule has 0 aromatic heterocycles. The van der Waals surface area contributed by atoms with Crippen LogP contribution in [0.15, 0.2) is 18.2 Å². The molecular formula is C13H18N2O5. The molecule has 0 aliphatic heterocycles. The molecule has 0 amide bonds. The van der Waals surface area contributed by atoms with E-state index in [9.17, 15) is 14.9 Å². The molecule has 20 heavy (non-hydrogen) atoms. The van der Waals surface area contributed by atoms with Crippen molar-refractivity contribution in [2.75, 3.05) is 25.1 Å². The van der Waals surface area contributed by atoms with E-state index < -0.39 is 10.9 Å². The van der Waals surface area contributed by atoms with Crippen LogP contribution >= 0.6 is 0 Å². The summed E-state index contributed by atoms with van der Waals surface area (Å²) in [6, 6.07) is 3.88. The quantitative estimate of drug-likeness (QED) is 0.428. The molecule has 2 N–H and O–H groups in total. The normalized spacial score (nSPS) is 10.3. The molecule has 0 unspecified atom stereocenters. The molecule has 7 heteroatoms. The monoisotopic (exact) mass is 282 g/mol. The number of rotatable bonds is 8. The van der Waals surface area contributed by atoms with E-state index in [1.165, 1.54) is 12.1 Å². The predicted molar refractivity (Wildman–Crippen MR) is 74.3 cm³/mol. The van der Waals surface area contributed by atoms with Gasteiger partial charge in [-0.3, -0.25) is 10.1 Å². The number of carboxylic acids is 1. The number of unbranched alkanes of at least 4 members (excludes halogenated alkanes) is 2. The molecule has 110 valence electrons. The van der Waals surface area contributed by atoms with Crippen LogP contribution in [-0.2, 0) is 0 Å². The average Bonchev–Trinajstić information content (AvgIpc) is 2.42. The maximum Gasteiger partial charge on any atom is 0.335 e. The molecule has 0 heterocycles. The van der Waals surface area contributed by atoms with Crippen molar-refractivity contribution in [2.45, 2.75) is 19.3 Å². The second-order valence-corrected chi connectivity index (χ2v) is 4.47. The van der Waals surface area contributed by atoms with Crippen LogP contribution in [0.4, 0.5) is 11.4 Å². The molecule has 0 bridgehead atoms. The lowest BCUT2D eigenvalue weighted by atomic mass is 10.1. The van der Waals surface area contributed by atoms with Crippen molar-refractivity contribution in [3.05, 3.63) is 33.9 Å². The molecule has 0 aliphatic carbocycles. The van der Waals surface area contributed by atoms with E-state index in [0.29, 0.717) is 18.7 Å². The lowest BCUT2D eigenvalue weighted by molar-refractivity contribution is -0.384. The SMILES string of the molecule is CN(CCCCCO)c1ccc(C(=O)O)cc1[N+](=O)[O-]. The molecule has 0 aliphatic rings. The van der Waals surface area contributed by atoms with Gasteiger partial charge in [-0.2, -0.15) is 0 Å². The number of benzene rings is 1. The van der Waals surface area contributed by atoms with Crippen molar-refractivity contribution < 1.29 is 19.9 Å². The van der Waals surface area contributed by atoms with Crippen molar-refractivity contribution in [2.24, 2.45) is 0 Å². The highest BCUT2D eigenvalue weighted by molar-refractivity contribution is 5.89. The molecule has 1 rings (SSSR count). The molecule has 0 fully saturated rings. The molecule has 7 nitrogen and oxygen atoms in total. The standard InChI is InChI=1S/C13H18N2O5/c1-14(7-3-2-4-8-16)11-6-5-10(13(17)18)9-12(11)15(19)20/h5-6,9,16H,2-4,7-8H2,1H3,(H,17,18). The van der Waals surface area contributed by atoms with Gasteiger partial charge in [0.2, 0.25) is 0 Å². The van der Waals surface area contributed by atoms with Crippen LogP contribution in [0.25, 0.3) is 0 Å².